The monoisotopic (exact) mass is 300 g/mol. The zero-order chi connectivity index (χ0) is 15.1. The van der Waals surface area contributed by atoms with Crippen molar-refractivity contribution in [2.75, 3.05) is 26.7 Å². The van der Waals surface area contributed by atoms with Crippen LogP contribution >= 0.6 is 0 Å². The number of ether oxygens (including phenoxy) is 1. The highest BCUT2D eigenvalue weighted by Crippen LogP contribution is 2.58. The molecule has 2 saturated carbocycles. The summed E-state index contributed by atoms with van der Waals surface area (Å²) in [6.45, 7) is 2.51. The maximum absolute atomic E-state index is 13.0. The molecule has 3 aliphatic rings. The van der Waals surface area contributed by atoms with E-state index in [1.54, 1.807) is 7.11 Å². The molecular weight excluding hydrogens is 276 g/mol. The van der Waals surface area contributed by atoms with Gasteiger partial charge in [-0.1, -0.05) is 24.6 Å². The summed E-state index contributed by atoms with van der Waals surface area (Å²) in [6, 6.07) is 8.18. The zero-order valence-electron chi connectivity index (χ0n) is 13.1. The van der Waals surface area contributed by atoms with Gasteiger partial charge in [0.15, 0.2) is 0 Å². The summed E-state index contributed by atoms with van der Waals surface area (Å²) in [5.41, 5.74) is 1.12. The van der Waals surface area contributed by atoms with Crippen LogP contribution in [0.25, 0.3) is 0 Å². The van der Waals surface area contributed by atoms with Crippen LogP contribution in [0.5, 0.6) is 5.75 Å². The number of nitrogens with one attached hydrogen (secondary N) is 1. The molecule has 3 fully saturated rings. The van der Waals surface area contributed by atoms with Crippen LogP contribution in [-0.4, -0.2) is 37.6 Å². The van der Waals surface area contributed by atoms with E-state index in [1.165, 1.54) is 19.3 Å². The highest BCUT2D eigenvalue weighted by molar-refractivity contribution is 5.83. The minimum Gasteiger partial charge on any atom is -0.496 e. The van der Waals surface area contributed by atoms with Gasteiger partial charge in [0.2, 0.25) is 5.91 Å². The van der Waals surface area contributed by atoms with Gasteiger partial charge in [-0.3, -0.25) is 4.79 Å². The molecule has 22 heavy (non-hydrogen) atoms. The van der Waals surface area contributed by atoms with Crippen molar-refractivity contribution < 1.29 is 9.53 Å². The Kier molecular flexibility index (Phi) is 3.57. The predicted molar refractivity (Wildman–Crippen MR) is 84.6 cm³/mol. The zero-order valence-corrected chi connectivity index (χ0v) is 13.1. The van der Waals surface area contributed by atoms with Gasteiger partial charge in [-0.2, -0.15) is 0 Å². The van der Waals surface area contributed by atoms with Gasteiger partial charge >= 0.3 is 0 Å². The number of piperazine rings is 1. The first-order valence-electron chi connectivity index (χ1n) is 8.45. The number of carbonyl (C=O) groups is 1. The molecule has 4 nitrogen and oxygen atoms in total. The Bertz CT molecular complexity index is 564. The van der Waals surface area contributed by atoms with Crippen molar-refractivity contribution in [3.8, 4) is 5.75 Å². The molecule has 3 atom stereocenters. The lowest BCUT2D eigenvalue weighted by Crippen LogP contribution is -2.49. The van der Waals surface area contributed by atoms with Crippen LogP contribution in [0.2, 0.25) is 0 Å². The number of hydrogen-bond donors (Lipinski definition) is 1. The van der Waals surface area contributed by atoms with Crippen LogP contribution in [0.1, 0.15) is 30.9 Å². The number of hydrogen-bond acceptors (Lipinski definition) is 3. The Morgan fingerprint density at radius 3 is 2.82 bits per heavy atom. The van der Waals surface area contributed by atoms with Crippen molar-refractivity contribution in [2.24, 2.45) is 17.8 Å². The molecule has 1 saturated heterocycles. The second-order valence-corrected chi connectivity index (χ2v) is 6.78. The van der Waals surface area contributed by atoms with E-state index in [0.29, 0.717) is 23.7 Å². The molecule has 4 rings (SSSR count). The van der Waals surface area contributed by atoms with E-state index in [9.17, 15) is 4.79 Å². The number of fused-ring (bicyclic) bond motifs is 1. The Balaban J connectivity index is 1.58. The maximum Gasteiger partial charge on any atom is 0.226 e. The molecule has 1 amide bonds. The molecular formula is C18H24N2O2. The van der Waals surface area contributed by atoms with Crippen molar-refractivity contribution in [1.82, 2.24) is 10.2 Å². The minimum absolute atomic E-state index is 0.0960. The van der Waals surface area contributed by atoms with Crippen molar-refractivity contribution >= 4 is 5.91 Å². The van der Waals surface area contributed by atoms with E-state index in [2.05, 4.69) is 16.3 Å². The molecule has 2 aliphatic carbocycles. The molecule has 1 N–H and O–H groups in total. The summed E-state index contributed by atoms with van der Waals surface area (Å²) in [7, 11) is 1.70. The summed E-state index contributed by atoms with van der Waals surface area (Å²) in [5.74, 6) is 2.93. The Morgan fingerprint density at radius 1 is 1.27 bits per heavy atom. The first-order valence-corrected chi connectivity index (χ1v) is 8.45. The third-order valence-electron chi connectivity index (χ3n) is 5.72. The smallest absolute Gasteiger partial charge is 0.226 e. The van der Waals surface area contributed by atoms with Crippen LogP contribution in [0, 0.1) is 17.8 Å². The lowest BCUT2D eigenvalue weighted by atomic mass is 10.0. The fourth-order valence-corrected chi connectivity index (χ4v) is 4.57. The number of para-hydroxylation sites is 1. The molecule has 1 aromatic carbocycles. The average Bonchev–Trinajstić information content (AvgIpc) is 3.06. The Morgan fingerprint density at radius 2 is 2.05 bits per heavy atom. The highest BCUT2D eigenvalue weighted by atomic mass is 16.5. The second-order valence-electron chi connectivity index (χ2n) is 6.78. The van der Waals surface area contributed by atoms with Crippen LogP contribution in [-0.2, 0) is 4.79 Å². The summed E-state index contributed by atoms with van der Waals surface area (Å²) in [5, 5.41) is 3.43. The normalized spacial score (nSPS) is 33.4. The first kappa shape index (κ1) is 14.1. The molecule has 0 radical (unpaired) electrons. The summed E-state index contributed by atoms with van der Waals surface area (Å²) < 4.78 is 5.51. The Hall–Kier alpha value is -1.55. The Labute approximate surface area is 131 Å². The van der Waals surface area contributed by atoms with Crippen molar-refractivity contribution in [3.05, 3.63) is 29.8 Å². The van der Waals surface area contributed by atoms with E-state index in [0.717, 1.165) is 30.9 Å². The van der Waals surface area contributed by atoms with E-state index in [1.807, 2.05) is 18.2 Å². The fraction of sp³-hybridized carbons (Fsp3) is 0.611. The number of nitrogens with zero attached hydrogens (tertiary/aromatic N) is 1. The van der Waals surface area contributed by atoms with Gasteiger partial charge in [-0.15, -0.1) is 0 Å². The molecule has 3 unspecified atom stereocenters. The number of amides is 1. The standard InChI is InChI=1S/C18H24N2O2/c1-22-16-8-3-2-5-14(16)15-11-19-9-10-20(15)18(21)17-12-6-4-7-13(12)17/h2-3,5,8,12-13,15,17,19H,4,6-7,9-11H2,1H3. The minimum atomic E-state index is 0.0960. The van der Waals surface area contributed by atoms with E-state index in [-0.39, 0.29) is 6.04 Å². The number of methoxy groups -OCH3 is 1. The maximum atomic E-state index is 13.0. The van der Waals surface area contributed by atoms with E-state index >= 15 is 0 Å². The lowest BCUT2D eigenvalue weighted by molar-refractivity contribution is -0.136. The summed E-state index contributed by atoms with van der Waals surface area (Å²) in [6.07, 6.45) is 3.83. The third-order valence-corrected chi connectivity index (χ3v) is 5.72. The largest absolute Gasteiger partial charge is 0.496 e. The molecule has 4 heteroatoms. The van der Waals surface area contributed by atoms with Gasteiger partial charge in [0.1, 0.15) is 5.75 Å². The van der Waals surface area contributed by atoms with Crippen molar-refractivity contribution in [2.45, 2.75) is 25.3 Å². The predicted octanol–water partition coefficient (Wildman–Crippen LogP) is 2.21. The van der Waals surface area contributed by atoms with Gasteiger partial charge in [-0.05, 0) is 30.7 Å². The molecule has 118 valence electrons. The van der Waals surface area contributed by atoms with Crippen LogP contribution in [0.15, 0.2) is 24.3 Å². The van der Waals surface area contributed by atoms with Gasteiger partial charge < -0.3 is 15.0 Å². The fourth-order valence-electron chi connectivity index (χ4n) is 4.57. The lowest BCUT2D eigenvalue weighted by Gasteiger charge is -2.37. The topological polar surface area (TPSA) is 41.6 Å². The summed E-state index contributed by atoms with van der Waals surface area (Å²) >= 11 is 0. The van der Waals surface area contributed by atoms with Crippen LogP contribution in [0.4, 0.5) is 0 Å². The van der Waals surface area contributed by atoms with Crippen molar-refractivity contribution in [1.29, 1.82) is 0 Å². The number of rotatable bonds is 3. The number of benzene rings is 1. The average molecular weight is 300 g/mol. The van der Waals surface area contributed by atoms with E-state index in [4.69, 9.17) is 4.74 Å². The van der Waals surface area contributed by atoms with Crippen LogP contribution in [0.3, 0.4) is 0 Å². The van der Waals surface area contributed by atoms with Gasteiger partial charge in [0.05, 0.1) is 13.2 Å². The highest BCUT2D eigenvalue weighted by Gasteiger charge is 2.58. The van der Waals surface area contributed by atoms with Gasteiger partial charge in [0, 0.05) is 31.1 Å². The molecule has 1 heterocycles. The molecule has 0 spiro atoms. The second kappa shape index (κ2) is 5.58. The molecule has 1 aromatic rings. The van der Waals surface area contributed by atoms with E-state index < -0.39 is 0 Å². The SMILES string of the molecule is COc1ccccc1C1CNCCN1C(=O)C1C2CCCC21. The molecule has 0 aromatic heterocycles. The molecule has 0 bridgehead atoms. The van der Waals surface area contributed by atoms with Crippen LogP contribution < -0.4 is 10.1 Å². The van der Waals surface area contributed by atoms with Gasteiger partial charge in [0.25, 0.3) is 0 Å². The number of carbonyl (C=O) groups excluding carboxylic acids is 1. The quantitative estimate of drug-likeness (QED) is 0.930. The van der Waals surface area contributed by atoms with Crippen molar-refractivity contribution in [3.63, 3.8) is 0 Å². The first-order chi connectivity index (χ1) is 10.8. The van der Waals surface area contributed by atoms with Gasteiger partial charge in [-0.25, -0.2) is 0 Å². The third kappa shape index (κ3) is 2.21. The summed E-state index contributed by atoms with van der Waals surface area (Å²) in [4.78, 5) is 15.1. The molecule has 1 aliphatic heterocycles.